The first-order valence-corrected chi connectivity index (χ1v) is 6.52. The number of para-hydroxylation sites is 1. The van der Waals surface area contributed by atoms with Crippen LogP contribution < -0.4 is 5.32 Å². The molecule has 0 bridgehead atoms. The zero-order valence-electron chi connectivity index (χ0n) is 11.2. The third-order valence-corrected chi connectivity index (χ3v) is 3.66. The Hall–Kier alpha value is -1.92. The van der Waals surface area contributed by atoms with Gasteiger partial charge in [0.05, 0.1) is 17.4 Å². The van der Waals surface area contributed by atoms with Gasteiger partial charge in [-0.2, -0.15) is 0 Å². The molecule has 2 heterocycles. The molecule has 2 atom stereocenters. The van der Waals surface area contributed by atoms with E-state index in [1.54, 1.807) is 36.3 Å². The Morgan fingerprint density at radius 2 is 2.15 bits per heavy atom. The number of nitrogens with one attached hydrogen (secondary N) is 1. The molecule has 0 spiro atoms. The number of methoxy groups -OCH3 is 1. The molecule has 0 saturated carbocycles. The number of fused-ring (bicyclic) bond motifs is 2. The number of nitrogens with zero attached hydrogens (tertiary/aromatic N) is 1. The molecule has 20 heavy (non-hydrogen) atoms. The number of carbonyl (C=O) groups excluding carboxylic acids is 2. The summed E-state index contributed by atoms with van der Waals surface area (Å²) in [4.78, 5) is 26.3. The van der Waals surface area contributed by atoms with E-state index in [0.717, 1.165) is 0 Å². The summed E-state index contributed by atoms with van der Waals surface area (Å²) in [6.45, 7) is 0.576. The highest BCUT2D eigenvalue weighted by Crippen LogP contribution is 2.29. The molecular weight excluding hydrogens is 260 g/mol. The van der Waals surface area contributed by atoms with Gasteiger partial charge in [-0.25, -0.2) is 0 Å². The average molecular weight is 276 g/mol. The minimum atomic E-state index is -0.475. The molecule has 6 heteroatoms. The van der Waals surface area contributed by atoms with Crippen molar-refractivity contribution in [3.63, 3.8) is 0 Å². The second-order valence-electron chi connectivity index (χ2n) is 4.94. The Kier molecular flexibility index (Phi) is 3.42. The van der Waals surface area contributed by atoms with Crippen LogP contribution >= 0.6 is 0 Å². The summed E-state index contributed by atoms with van der Waals surface area (Å²) in [6.07, 6.45) is 0.328. The second kappa shape index (κ2) is 5.22. The number of rotatable bonds is 3. The summed E-state index contributed by atoms with van der Waals surface area (Å²) in [6, 6.07) is 6.58. The first kappa shape index (κ1) is 13.1. The molecule has 0 aromatic heterocycles. The molecule has 3 rings (SSSR count). The maximum absolute atomic E-state index is 12.5. The lowest BCUT2D eigenvalue weighted by atomic mass is 10.1. The number of anilines is 1. The van der Waals surface area contributed by atoms with Crippen LogP contribution in [0.15, 0.2) is 24.3 Å². The molecule has 1 N–H and O–H groups in total. The van der Waals surface area contributed by atoms with Gasteiger partial charge < -0.3 is 19.7 Å². The number of benzene rings is 1. The Labute approximate surface area is 116 Å². The van der Waals surface area contributed by atoms with Crippen LogP contribution in [0, 0.1) is 0 Å². The number of carbonyl (C=O) groups is 2. The molecule has 1 aromatic rings. The van der Waals surface area contributed by atoms with Crippen LogP contribution in [0.4, 0.5) is 5.69 Å². The van der Waals surface area contributed by atoms with E-state index >= 15 is 0 Å². The standard InChI is InChI=1S/C14H16N2O4/c1-19-8-20-9-6-12-13(17)15-11-5-3-2-4-10(11)14(18)16(12)7-9/h2-5,9,12H,6-8H2,1H3,(H,15,17)/t9-,12+/m1/s1. The monoisotopic (exact) mass is 276 g/mol. The summed E-state index contributed by atoms with van der Waals surface area (Å²) in [7, 11) is 1.54. The van der Waals surface area contributed by atoms with Crippen LogP contribution in [-0.2, 0) is 14.3 Å². The van der Waals surface area contributed by atoms with Crippen molar-refractivity contribution in [3.8, 4) is 0 Å². The van der Waals surface area contributed by atoms with E-state index in [0.29, 0.717) is 24.2 Å². The molecule has 106 valence electrons. The lowest BCUT2D eigenvalue weighted by molar-refractivity contribution is -0.119. The molecule has 2 aliphatic rings. The van der Waals surface area contributed by atoms with Gasteiger partial charge in [-0.15, -0.1) is 0 Å². The van der Waals surface area contributed by atoms with Crippen LogP contribution in [-0.4, -0.2) is 49.3 Å². The van der Waals surface area contributed by atoms with Crippen molar-refractivity contribution in [2.24, 2.45) is 0 Å². The number of hydrogen-bond donors (Lipinski definition) is 1. The highest BCUT2D eigenvalue weighted by atomic mass is 16.7. The van der Waals surface area contributed by atoms with Crippen molar-refractivity contribution in [3.05, 3.63) is 29.8 Å². The van der Waals surface area contributed by atoms with E-state index in [9.17, 15) is 9.59 Å². The van der Waals surface area contributed by atoms with Crippen molar-refractivity contribution >= 4 is 17.5 Å². The summed E-state index contributed by atoms with van der Waals surface area (Å²) in [5, 5.41) is 2.81. The zero-order valence-corrected chi connectivity index (χ0v) is 11.2. The minimum Gasteiger partial charge on any atom is -0.359 e. The zero-order chi connectivity index (χ0) is 14.1. The van der Waals surface area contributed by atoms with Gasteiger partial charge in [-0.3, -0.25) is 9.59 Å². The fourth-order valence-electron chi connectivity index (χ4n) is 2.70. The number of amides is 2. The molecule has 0 radical (unpaired) electrons. The molecular formula is C14H16N2O4. The quantitative estimate of drug-likeness (QED) is 0.831. The van der Waals surface area contributed by atoms with Crippen molar-refractivity contribution in [1.82, 2.24) is 4.90 Å². The maximum atomic E-state index is 12.5. The van der Waals surface area contributed by atoms with Gasteiger partial charge in [0, 0.05) is 20.1 Å². The predicted molar refractivity (Wildman–Crippen MR) is 71.3 cm³/mol. The lowest BCUT2D eigenvalue weighted by Crippen LogP contribution is -2.40. The van der Waals surface area contributed by atoms with Crippen LogP contribution in [0.5, 0.6) is 0 Å². The van der Waals surface area contributed by atoms with E-state index in [2.05, 4.69) is 5.32 Å². The van der Waals surface area contributed by atoms with E-state index in [1.165, 1.54) is 0 Å². The van der Waals surface area contributed by atoms with Gasteiger partial charge in [-0.1, -0.05) is 12.1 Å². The van der Waals surface area contributed by atoms with Crippen molar-refractivity contribution in [1.29, 1.82) is 0 Å². The topological polar surface area (TPSA) is 67.9 Å². The van der Waals surface area contributed by atoms with Crippen LogP contribution in [0.25, 0.3) is 0 Å². The third kappa shape index (κ3) is 2.17. The molecule has 2 amide bonds. The van der Waals surface area contributed by atoms with Crippen molar-refractivity contribution < 1.29 is 19.1 Å². The molecule has 1 saturated heterocycles. The van der Waals surface area contributed by atoms with Gasteiger partial charge in [0.15, 0.2) is 0 Å². The number of ether oxygens (including phenoxy) is 2. The van der Waals surface area contributed by atoms with Crippen LogP contribution in [0.3, 0.4) is 0 Å². The first-order valence-electron chi connectivity index (χ1n) is 6.52. The number of hydrogen-bond acceptors (Lipinski definition) is 4. The fourth-order valence-corrected chi connectivity index (χ4v) is 2.70. The fraction of sp³-hybridized carbons (Fsp3) is 0.429. The summed E-state index contributed by atoms with van der Waals surface area (Å²) < 4.78 is 10.3. The highest BCUT2D eigenvalue weighted by Gasteiger charge is 2.43. The van der Waals surface area contributed by atoms with E-state index in [4.69, 9.17) is 9.47 Å². The Balaban J connectivity index is 1.87. The largest absolute Gasteiger partial charge is 0.359 e. The van der Waals surface area contributed by atoms with Crippen molar-refractivity contribution in [2.75, 3.05) is 25.8 Å². The smallest absolute Gasteiger partial charge is 0.256 e. The molecule has 1 aromatic carbocycles. The third-order valence-electron chi connectivity index (χ3n) is 3.66. The Bertz CT molecular complexity index is 546. The van der Waals surface area contributed by atoms with Crippen LogP contribution in [0.1, 0.15) is 16.8 Å². The van der Waals surface area contributed by atoms with E-state index in [-0.39, 0.29) is 24.7 Å². The second-order valence-corrected chi connectivity index (χ2v) is 4.94. The lowest BCUT2D eigenvalue weighted by Gasteiger charge is -2.19. The average Bonchev–Trinajstić information content (AvgIpc) is 2.85. The van der Waals surface area contributed by atoms with E-state index in [1.807, 2.05) is 0 Å². The Morgan fingerprint density at radius 3 is 2.95 bits per heavy atom. The van der Waals surface area contributed by atoms with Gasteiger partial charge >= 0.3 is 0 Å². The maximum Gasteiger partial charge on any atom is 0.256 e. The van der Waals surface area contributed by atoms with E-state index < -0.39 is 6.04 Å². The molecule has 1 fully saturated rings. The predicted octanol–water partition coefficient (Wildman–Crippen LogP) is 0.842. The van der Waals surface area contributed by atoms with Gasteiger partial charge in [0.25, 0.3) is 5.91 Å². The summed E-state index contributed by atoms with van der Waals surface area (Å²) >= 11 is 0. The molecule has 2 aliphatic heterocycles. The SMILES string of the molecule is COCO[C@@H]1C[C@H]2C(=O)Nc3ccccc3C(=O)N2C1. The van der Waals surface area contributed by atoms with Crippen molar-refractivity contribution in [2.45, 2.75) is 18.6 Å². The molecule has 6 nitrogen and oxygen atoms in total. The Morgan fingerprint density at radius 1 is 1.35 bits per heavy atom. The van der Waals surface area contributed by atoms with Gasteiger partial charge in [0.1, 0.15) is 12.8 Å². The van der Waals surface area contributed by atoms with Gasteiger partial charge in [-0.05, 0) is 12.1 Å². The summed E-state index contributed by atoms with van der Waals surface area (Å²) in [5.74, 6) is -0.292. The molecule has 0 unspecified atom stereocenters. The molecule has 0 aliphatic carbocycles. The first-order chi connectivity index (χ1) is 9.70. The normalized spacial score (nSPS) is 24.9. The van der Waals surface area contributed by atoms with Crippen LogP contribution in [0.2, 0.25) is 0 Å². The highest BCUT2D eigenvalue weighted by molar-refractivity contribution is 6.10. The minimum absolute atomic E-state index is 0.132. The van der Waals surface area contributed by atoms with Gasteiger partial charge in [0.2, 0.25) is 5.91 Å². The summed E-state index contributed by atoms with van der Waals surface area (Å²) in [5.41, 5.74) is 1.10.